The van der Waals surface area contributed by atoms with Crippen molar-refractivity contribution in [3.05, 3.63) is 71.3 Å². The smallest absolute Gasteiger partial charge is 0.0554 e. The summed E-state index contributed by atoms with van der Waals surface area (Å²) < 4.78 is 0. The number of unbranched alkanes of at least 4 members (excludes halogenated alkanes) is 4. The highest BCUT2D eigenvalue weighted by atomic mass is 14.7. The minimum Gasteiger partial charge on any atom is -0.397 e. The zero-order valence-electron chi connectivity index (χ0n) is 27.5. The topological polar surface area (TPSA) is 156 Å². The molecule has 1 atom stereocenters. The number of fused-ring (bicyclic) bond motifs is 1. The van der Waals surface area contributed by atoms with E-state index >= 15 is 0 Å². The highest BCUT2D eigenvalue weighted by Gasteiger charge is 2.23. The van der Waals surface area contributed by atoms with Crippen molar-refractivity contribution in [3.63, 3.8) is 0 Å². The van der Waals surface area contributed by atoms with Gasteiger partial charge in [0.1, 0.15) is 0 Å². The molecule has 0 aliphatic heterocycles. The van der Waals surface area contributed by atoms with Crippen molar-refractivity contribution in [2.45, 2.75) is 92.9 Å². The number of hydrogen-bond donors (Lipinski definition) is 6. The summed E-state index contributed by atoms with van der Waals surface area (Å²) in [5.41, 5.74) is 43.6. The van der Waals surface area contributed by atoms with Crippen LogP contribution in [0.5, 0.6) is 0 Å². The summed E-state index contributed by atoms with van der Waals surface area (Å²) in [4.78, 5) is 0. The van der Waals surface area contributed by atoms with Gasteiger partial charge in [0.15, 0.2) is 0 Å². The minimum absolute atomic E-state index is 0.304. The quantitative estimate of drug-likeness (QED) is 0.116. The van der Waals surface area contributed by atoms with Gasteiger partial charge >= 0.3 is 0 Å². The molecule has 1 aliphatic rings. The number of nitrogen functional groups attached to an aromatic ring is 4. The second-order valence-electron chi connectivity index (χ2n) is 9.84. The lowest BCUT2D eigenvalue weighted by Gasteiger charge is -2.13. The normalized spacial score (nSPS) is 12.5. The van der Waals surface area contributed by atoms with Crippen LogP contribution < -0.4 is 34.4 Å². The van der Waals surface area contributed by atoms with E-state index in [1.807, 2.05) is 64.1 Å². The maximum absolute atomic E-state index is 5.99. The molecule has 6 nitrogen and oxygen atoms in total. The zero-order valence-corrected chi connectivity index (χ0v) is 27.5. The van der Waals surface area contributed by atoms with Crippen LogP contribution >= 0.6 is 0 Å². The summed E-state index contributed by atoms with van der Waals surface area (Å²) >= 11 is 0. The Kier molecular flexibility index (Phi) is 20.3. The number of hydrogen-bond acceptors (Lipinski definition) is 6. The highest BCUT2D eigenvalue weighted by Crippen LogP contribution is 2.43. The van der Waals surface area contributed by atoms with E-state index in [4.69, 9.17) is 34.4 Å². The first-order valence-electron chi connectivity index (χ1n) is 15.8. The van der Waals surface area contributed by atoms with Crippen LogP contribution in [0.25, 0.3) is 22.8 Å². The monoisotopic (exact) mass is 576 g/mol. The van der Waals surface area contributed by atoms with Crippen molar-refractivity contribution >= 4 is 34.4 Å². The van der Waals surface area contributed by atoms with Gasteiger partial charge in [0.05, 0.1) is 22.7 Å². The Morgan fingerprint density at radius 1 is 0.548 bits per heavy atom. The van der Waals surface area contributed by atoms with E-state index in [0.29, 0.717) is 28.7 Å². The fourth-order valence-electron chi connectivity index (χ4n) is 4.36. The van der Waals surface area contributed by atoms with E-state index in [0.717, 1.165) is 29.8 Å². The fourth-order valence-corrected chi connectivity index (χ4v) is 4.36. The third kappa shape index (κ3) is 12.2. The molecule has 0 amide bonds. The molecule has 6 heteroatoms. The molecule has 0 unspecified atom stereocenters. The van der Waals surface area contributed by atoms with Crippen LogP contribution in [0, 0.1) is 0 Å². The van der Waals surface area contributed by atoms with Crippen LogP contribution in [0.1, 0.15) is 110 Å². The van der Waals surface area contributed by atoms with Gasteiger partial charge in [-0.1, -0.05) is 104 Å². The largest absolute Gasteiger partial charge is 0.397 e. The molecular weight excluding hydrogens is 516 g/mol. The maximum atomic E-state index is 5.99. The minimum atomic E-state index is 0.304. The third-order valence-corrected chi connectivity index (χ3v) is 6.79. The lowest BCUT2D eigenvalue weighted by molar-refractivity contribution is 0.727. The Hall–Kier alpha value is -3.48. The molecule has 234 valence electrons. The SMILES string of the molecule is CC.CC.CCCCCN.CCCCCN.C[C@@H]1C(c2ccc(N)c(N)c2)=Cc2cc(-c3ccc(N)c(N)c3)ccc21. The van der Waals surface area contributed by atoms with Crippen molar-refractivity contribution in [2.24, 2.45) is 11.5 Å². The molecule has 0 bridgehead atoms. The van der Waals surface area contributed by atoms with E-state index in [2.05, 4.69) is 45.0 Å². The van der Waals surface area contributed by atoms with Gasteiger partial charge in [-0.3, -0.25) is 0 Å². The Bertz CT molecular complexity index is 1170. The van der Waals surface area contributed by atoms with Gasteiger partial charge in [0, 0.05) is 5.92 Å². The van der Waals surface area contributed by atoms with Crippen molar-refractivity contribution < 1.29 is 0 Å². The second-order valence-corrected chi connectivity index (χ2v) is 9.84. The van der Waals surface area contributed by atoms with Crippen LogP contribution in [0.15, 0.2) is 54.6 Å². The third-order valence-electron chi connectivity index (χ3n) is 6.79. The van der Waals surface area contributed by atoms with E-state index in [1.165, 1.54) is 55.2 Å². The van der Waals surface area contributed by atoms with Gasteiger partial charge in [-0.15, -0.1) is 0 Å². The van der Waals surface area contributed by atoms with Gasteiger partial charge in [-0.2, -0.15) is 0 Å². The van der Waals surface area contributed by atoms with Crippen LogP contribution in [-0.4, -0.2) is 13.1 Å². The van der Waals surface area contributed by atoms with E-state index in [1.54, 1.807) is 0 Å². The number of nitrogens with two attached hydrogens (primary N) is 6. The lowest BCUT2D eigenvalue weighted by Crippen LogP contribution is -1.98. The van der Waals surface area contributed by atoms with Crippen LogP contribution in [0.3, 0.4) is 0 Å². The van der Waals surface area contributed by atoms with Crippen LogP contribution in [-0.2, 0) is 0 Å². The lowest BCUT2D eigenvalue weighted by atomic mass is 9.92. The Morgan fingerprint density at radius 2 is 0.976 bits per heavy atom. The van der Waals surface area contributed by atoms with Crippen LogP contribution in [0.4, 0.5) is 22.7 Å². The van der Waals surface area contributed by atoms with Crippen molar-refractivity contribution in [1.29, 1.82) is 0 Å². The number of anilines is 4. The van der Waals surface area contributed by atoms with Gasteiger partial charge in [0.25, 0.3) is 0 Å². The molecule has 0 fully saturated rings. The molecule has 0 heterocycles. The van der Waals surface area contributed by atoms with Gasteiger partial charge in [-0.05, 0) is 89.7 Å². The molecule has 3 aromatic rings. The number of benzene rings is 3. The Balaban J connectivity index is 0.000000878. The van der Waals surface area contributed by atoms with E-state index < -0.39 is 0 Å². The predicted molar refractivity (Wildman–Crippen MR) is 192 cm³/mol. The summed E-state index contributed by atoms with van der Waals surface area (Å²) in [6.45, 7) is 16.3. The summed E-state index contributed by atoms with van der Waals surface area (Å²) in [5, 5.41) is 0. The van der Waals surface area contributed by atoms with Crippen molar-refractivity contribution in [2.75, 3.05) is 36.0 Å². The Labute approximate surface area is 256 Å². The number of rotatable bonds is 8. The molecule has 42 heavy (non-hydrogen) atoms. The molecule has 4 rings (SSSR count). The molecule has 1 aliphatic carbocycles. The summed E-state index contributed by atoms with van der Waals surface area (Å²) in [5.74, 6) is 0.304. The molecule has 0 aromatic heterocycles. The molecule has 12 N–H and O–H groups in total. The maximum Gasteiger partial charge on any atom is 0.0554 e. The summed E-state index contributed by atoms with van der Waals surface area (Å²) in [7, 11) is 0. The van der Waals surface area contributed by atoms with Gasteiger partial charge in [-0.25, -0.2) is 0 Å². The molecule has 0 saturated carbocycles. The highest BCUT2D eigenvalue weighted by molar-refractivity contribution is 5.93. The predicted octanol–water partition coefficient (Wildman–Crippen LogP) is 8.66. The van der Waals surface area contributed by atoms with Crippen LogP contribution in [0.2, 0.25) is 0 Å². The average Bonchev–Trinajstić information content (AvgIpc) is 3.35. The first-order chi connectivity index (χ1) is 20.3. The fraction of sp³-hybridized carbons (Fsp3) is 0.444. The molecular formula is C36H60N6. The first-order valence-corrected chi connectivity index (χ1v) is 15.8. The number of allylic oxidation sites excluding steroid dienone is 1. The average molecular weight is 577 g/mol. The van der Waals surface area contributed by atoms with Gasteiger partial charge in [0.2, 0.25) is 0 Å². The standard InChI is InChI=1S/C22H22N4.2C5H13N.2C2H6/c1-12-17-5-2-13(14-3-6-19(23)21(25)10-14)8-16(17)9-18(12)15-4-7-20(24)22(26)11-15;2*1-2-3-4-5-6;2*1-2/h2-12H,23-26H2,1H3;2*2-6H2,1H3;2*1-2H3/t12-;;;;/m0..../s1. The van der Waals surface area contributed by atoms with E-state index in [9.17, 15) is 0 Å². The molecule has 0 radical (unpaired) electrons. The van der Waals surface area contributed by atoms with E-state index in [-0.39, 0.29) is 0 Å². The van der Waals surface area contributed by atoms with Crippen molar-refractivity contribution in [3.8, 4) is 11.1 Å². The molecule has 3 aromatic carbocycles. The summed E-state index contributed by atoms with van der Waals surface area (Å²) in [6, 6.07) is 18.1. The second kappa shape index (κ2) is 22.2. The molecule has 0 spiro atoms. The first kappa shape index (κ1) is 38.5. The zero-order chi connectivity index (χ0) is 32.1. The summed E-state index contributed by atoms with van der Waals surface area (Å²) in [6.07, 6.45) is 9.74. The van der Waals surface area contributed by atoms with Crippen molar-refractivity contribution in [1.82, 2.24) is 0 Å². The molecule has 0 saturated heterocycles. The van der Waals surface area contributed by atoms with Gasteiger partial charge < -0.3 is 34.4 Å². The Morgan fingerprint density at radius 3 is 1.40 bits per heavy atom.